The average molecular weight is 353 g/mol. The standard InChI is InChI=1S/C17H27N3O3S/c1-13(14-5-7-15(8-6-14)24(19,22)23)20-16(21)11-17(12-18)9-3-2-4-10-17/h5-8,13H,2-4,9-12,18H2,1H3,(H,20,21)(H2,19,22,23). The zero-order valence-electron chi connectivity index (χ0n) is 14.1. The van der Waals surface area contributed by atoms with Gasteiger partial charge in [0.25, 0.3) is 0 Å². The molecule has 6 nitrogen and oxygen atoms in total. The lowest BCUT2D eigenvalue weighted by Gasteiger charge is -2.36. The van der Waals surface area contributed by atoms with Crippen LogP contribution in [0.3, 0.4) is 0 Å². The number of carbonyl (C=O) groups is 1. The van der Waals surface area contributed by atoms with E-state index in [1.165, 1.54) is 18.6 Å². The van der Waals surface area contributed by atoms with Gasteiger partial charge in [0.05, 0.1) is 10.9 Å². The van der Waals surface area contributed by atoms with Gasteiger partial charge in [-0.3, -0.25) is 4.79 Å². The van der Waals surface area contributed by atoms with E-state index >= 15 is 0 Å². The highest BCUT2D eigenvalue weighted by Crippen LogP contribution is 2.38. The minimum Gasteiger partial charge on any atom is -0.350 e. The van der Waals surface area contributed by atoms with E-state index in [0.717, 1.165) is 31.2 Å². The smallest absolute Gasteiger partial charge is 0.238 e. The first-order valence-corrected chi connectivity index (χ1v) is 9.93. The Labute approximate surface area is 144 Å². The monoisotopic (exact) mass is 353 g/mol. The summed E-state index contributed by atoms with van der Waals surface area (Å²) in [6.45, 7) is 2.41. The molecule has 0 heterocycles. The third-order valence-corrected chi connectivity index (χ3v) is 5.90. The molecule has 1 aromatic carbocycles. The van der Waals surface area contributed by atoms with E-state index in [1.54, 1.807) is 12.1 Å². The molecule has 0 aromatic heterocycles. The Hall–Kier alpha value is -1.44. The second-order valence-electron chi connectivity index (χ2n) is 6.84. The highest BCUT2D eigenvalue weighted by molar-refractivity contribution is 7.89. The first kappa shape index (κ1) is 18.9. The van der Waals surface area contributed by atoms with Gasteiger partial charge >= 0.3 is 0 Å². The molecule has 0 spiro atoms. The fourth-order valence-corrected chi connectivity index (χ4v) is 3.93. The van der Waals surface area contributed by atoms with Gasteiger partial charge in [-0.05, 0) is 49.4 Å². The van der Waals surface area contributed by atoms with E-state index in [0.29, 0.717) is 13.0 Å². The van der Waals surface area contributed by atoms with Crippen LogP contribution in [-0.2, 0) is 14.8 Å². The molecule has 0 radical (unpaired) electrons. The van der Waals surface area contributed by atoms with Crippen molar-refractivity contribution in [2.45, 2.75) is 56.4 Å². The van der Waals surface area contributed by atoms with E-state index in [1.807, 2.05) is 6.92 Å². The summed E-state index contributed by atoms with van der Waals surface area (Å²) in [5, 5.41) is 8.07. The zero-order valence-corrected chi connectivity index (χ0v) is 14.9. The van der Waals surface area contributed by atoms with E-state index in [9.17, 15) is 13.2 Å². The average Bonchev–Trinajstić information content (AvgIpc) is 2.55. The summed E-state index contributed by atoms with van der Waals surface area (Å²) in [6.07, 6.45) is 5.95. The van der Waals surface area contributed by atoms with Crippen LogP contribution >= 0.6 is 0 Å². The van der Waals surface area contributed by atoms with Gasteiger partial charge < -0.3 is 11.1 Å². The first-order valence-electron chi connectivity index (χ1n) is 8.38. The van der Waals surface area contributed by atoms with Gasteiger partial charge in [0.2, 0.25) is 15.9 Å². The summed E-state index contributed by atoms with van der Waals surface area (Å²) in [7, 11) is -3.70. The molecule has 1 fully saturated rings. The Balaban J connectivity index is 1.98. The Morgan fingerprint density at radius 1 is 1.21 bits per heavy atom. The van der Waals surface area contributed by atoms with Crippen molar-refractivity contribution in [2.24, 2.45) is 16.3 Å². The maximum Gasteiger partial charge on any atom is 0.238 e. The lowest BCUT2D eigenvalue weighted by molar-refractivity contribution is -0.124. The molecule has 2 rings (SSSR count). The van der Waals surface area contributed by atoms with Crippen molar-refractivity contribution in [1.29, 1.82) is 0 Å². The Morgan fingerprint density at radius 2 is 1.79 bits per heavy atom. The SMILES string of the molecule is CC(NC(=O)CC1(CN)CCCCC1)c1ccc(S(N)(=O)=O)cc1. The lowest BCUT2D eigenvalue weighted by atomic mass is 9.71. The van der Waals surface area contributed by atoms with E-state index in [4.69, 9.17) is 10.9 Å². The second-order valence-corrected chi connectivity index (χ2v) is 8.41. The van der Waals surface area contributed by atoms with Crippen LogP contribution in [0.15, 0.2) is 29.2 Å². The lowest BCUT2D eigenvalue weighted by Crippen LogP contribution is -2.39. The van der Waals surface area contributed by atoms with Crippen LogP contribution < -0.4 is 16.2 Å². The van der Waals surface area contributed by atoms with Gasteiger partial charge in [0, 0.05) is 6.42 Å². The number of hydrogen-bond acceptors (Lipinski definition) is 4. The topological polar surface area (TPSA) is 115 Å². The highest BCUT2D eigenvalue weighted by atomic mass is 32.2. The normalized spacial score (nSPS) is 18.8. The Morgan fingerprint density at radius 3 is 2.29 bits per heavy atom. The van der Waals surface area contributed by atoms with Crippen LogP contribution in [0.25, 0.3) is 0 Å². The Kier molecular flexibility index (Phi) is 6.01. The molecule has 1 amide bonds. The summed E-state index contributed by atoms with van der Waals surface area (Å²) >= 11 is 0. The molecule has 7 heteroatoms. The van der Waals surface area contributed by atoms with Crippen molar-refractivity contribution in [2.75, 3.05) is 6.54 Å². The van der Waals surface area contributed by atoms with Crippen molar-refractivity contribution in [3.05, 3.63) is 29.8 Å². The third-order valence-electron chi connectivity index (χ3n) is 4.97. The number of rotatable bonds is 6. The molecule has 0 saturated heterocycles. The van der Waals surface area contributed by atoms with Crippen molar-refractivity contribution >= 4 is 15.9 Å². The van der Waals surface area contributed by atoms with Gasteiger partial charge in [-0.1, -0.05) is 31.4 Å². The number of benzene rings is 1. The van der Waals surface area contributed by atoms with Crippen LogP contribution in [0.2, 0.25) is 0 Å². The van der Waals surface area contributed by atoms with Gasteiger partial charge in [-0.25, -0.2) is 13.6 Å². The third kappa shape index (κ3) is 4.78. The van der Waals surface area contributed by atoms with E-state index in [2.05, 4.69) is 5.32 Å². The molecule has 134 valence electrons. The molecule has 5 N–H and O–H groups in total. The van der Waals surface area contributed by atoms with Crippen LogP contribution in [0.1, 0.15) is 57.1 Å². The molecular formula is C17H27N3O3S. The number of nitrogens with two attached hydrogens (primary N) is 2. The quantitative estimate of drug-likeness (QED) is 0.723. The molecule has 1 unspecified atom stereocenters. The van der Waals surface area contributed by atoms with Crippen molar-refractivity contribution in [3.63, 3.8) is 0 Å². The first-order chi connectivity index (χ1) is 11.3. The minimum atomic E-state index is -3.70. The Bertz CT molecular complexity index is 665. The molecular weight excluding hydrogens is 326 g/mol. The molecule has 1 saturated carbocycles. The predicted molar refractivity (Wildman–Crippen MR) is 93.6 cm³/mol. The van der Waals surface area contributed by atoms with Gasteiger partial charge in [0.1, 0.15) is 0 Å². The van der Waals surface area contributed by atoms with Crippen molar-refractivity contribution < 1.29 is 13.2 Å². The van der Waals surface area contributed by atoms with Crippen LogP contribution in [0, 0.1) is 5.41 Å². The van der Waals surface area contributed by atoms with Crippen LogP contribution in [0.4, 0.5) is 0 Å². The number of carbonyl (C=O) groups excluding carboxylic acids is 1. The number of hydrogen-bond donors (Lipinski definition) is 3. The van der Waals surface area contributed by atoms with Crippen molar-refractivity contribution in [3.8, 4) is 0 Å². The fraction of sp³-hybridized carbons (Fsp3) is 0.588. The fourth-order valence-electron chi connectivity index (χ4n) is 3.42. The maximum absolute atomic E-state index is 12.4. The summed E-state index contributed by atoms with van der Waals surface area (Å²) in [4.78, 5) is 12.5. The number of nitrogens with one attached hydrogen (secondary N) is 1. The maximum atomic E-state index is 12.4. The number of primary sulfonamides is 1. The molecule has 1 aromatic rings. The predicted octanol–water partition coefficient (Wildman–Crippen LogP) is 1.81. The molecule has 1 aliphatic carbocycles. The largest absolute Gasteiger partial charge is 0.350 e. The molecule has 0 aliphatic heterocycles. The zero-order chi connectivity index (χ0) is 17.8. The molecule has 24 heavy (non-hydrogen) atoms. The second kappa shape index (κ2) is 7.63. The number of sulfonamides is 1. The van der Waals surface area contributed by atoms with Crippen molar-refractivity contribution in [1.82, 2.24) is 5.32 Å². The van der Waals surface area contributed by atoms with E-state index in [-0.39, 0.29) is 22.3 Å². The molecule has 0 bridgehead atoms. The van der Waals surface area contributed by atoms with Crippen LogP contribution in [-0.4, -0.2) is 20.9 Å². The molecule has 1 aliphatic rings. The summed E-state index contributed by atoms with van der Waals surface area (Å²) in [6, 6.07) is 6.05. The highest BCUT2D eigenvalue weighted by Gasteiger charge is 2.33. The summed E-state index contributed by atoms with van der Waals surface area (Å²) < 4.78 is 22.6. The van der Waals surface area contributed by atoms with Gasteiger partial charge in [-0.2, -0.15) is 0 Å². The van der Waals surface area contributed by atoms with Crippen LogP contribution in [0.5, 0.6) is 0 Å². The minimum absolute atomic E-state index is 0.00891. The molecule has 1 atom stereocenters. The van der Waals surface area contributed by atoms with Gasteiger partial charge in [-0.15, -0.1) is 0 Å². The van der Waals surface area contributed by atoms with E-state index < -0.39 is 10.0 Å². The van der Waals surface area contributed by atoms with Gasteiger partial charge in [0.15, 0.2) is 0 Å². The number of amides is 1. The summed E-state index contributed by atoms with van der Waals surface area (Å²) in [5.74, 6) is -0.00891. The summed E-state index contributed by atoms with van der Waals surface area (Å²) in [5.41, 5.74) is 6.70.